The predicted molar refractivity (Wildman–Crippen MR) is 82.8 cm³/mol. The fourth-order valence-electron chi connectivity index (χ4n) is 3.09. The Kier molecular flexibility index (Phi) is 4.03. The van der Waals surface area contributed by atoms with E-state index >= 15 is 0 Å². The third kappa shape index (κ3) is 2.86. The van der Waals surface area contributed by atoms with Gasteiger partial charge >= 0.3 is 0 Å². The zero-order valence-corrected chi connectivity index (χ0v) is 12.4. The first kappa shape index (κ1) is 13.6. The van der Waals surface area contributed by atoms with E-state index in [0.717, 1.165) is 25.0 Å². The SMILES string of the molecule is CC1CC(NCCCn2cnc3ccccc32)CN1C. The quantitative estimate of drug-likeness (QED) is 0.846. The highest BCUT2D eigenvalue weighted by Crippen LogP contribution is 2.15. The minimum absolute atomic E-state index is 0.662. The van der Waals surface area contributed by atoms with Crippen molar-refractivity contribution in [3.63, 3.8) is 0 Å². The Morgan fingerprint density at radius 2 is 2.20 bits per heavy atom. The summed E-state index contributed by atoms with van der Waals surface area (Å²) in [5, 5.41) is 3.68. The monoisotopic (exact) mass is 272 g/mol. The van der Waals surface area contributed by atoms with Gasteiger partial charge in [-0.15, -0.1) is 0 Å². The van der Waals surface area contributed by atoms with Crippen LogP contribution in [-0.4, -0.2) is 46.7 Å². The van der Waals surface area contributed by atoms with Crippen LogP contribution >= 0.6 is 0 Å². The number of nitrogens with zero attached hydrogens (tertiary/aromatic N) is 3. The fraction of sp³-hybridized carbons (Fsp3) is 0.562. The molecule has 1 N–H and O–H groups in total. The van der Waals surface area contributed by atoms with E-state index in [1.807, 2.05) is 12.4 Å². The number of imidazole rings is 1. The molecule has 0 amide bonds. The summed E-state index contributed by atoms with van der Waals surface area (Å²) < 4.78 is 2.25. The molecule has 1 saturated heterocycles. The van der Waals surface area contributed by atoms with E-state index in [1.54, 1.807) is 0 Å². The average Bonchev–Trinajstić information content (AvgIpc) is 3.00. The minimum Gasteiger partial charge on any atom is -0.331 e. The van der Waals surface area contributed by atoms with Gasteiger partial charge in [-0.2, -0.15) is 0 Å². The molecule has 1 fully saturated rings. The van der Waals surface area contributed by atoms with Crippen molar-refractivity contribution in [2.45, 2.75) is 38.4 Å². The summed E-state index contributed by atoms with van der Waals surface area (Å²) in [6.07, 6.45) is 4.37. The topological polar surface area (TPSA) is 33.1 Å². The van der Waals surface area contributed by atoms with Crippen molar-refractivity contribution in [2.75, 3.05) is 20.1 Å². The molecule has 0 spiro atoms. The lowest BCUT2D eigenvalue weighted by atomic mass is 10.2. The van der Waals surface area contributed by atoms with E-state index in [1.165, 1.54) is 18.5 Å². The van der Waals surface area contributed by atoms with Crippen LogP contribution in [0.15, 0.2) is 30.6 Å². The van der Waals surface area contributed by atoms with E-state index in [4.69, 9.17) is 0 Å². The van der Waals surface area contributed by atoms with Crippen LogP contribution in [0.1, 0.15) is 19.8 Å². The number of benzene rings is 1. The number of likely N-dealkylation sites (N-methyl/N-ethyl adjacent to an activating group) is 1. The first-order valence-electron chi connectivity index (χ1n) is 7.57. The molecule has 4 heteroatoms. The van der Waals surface area contributed by atoms with E-state index < -0.39 is 0 Å². The summed E-state index contributed by atoms with van der Waals surface area (Å²) in [6.45, 7) is 5.60. The van der Waals surface area contributed by atoms with Crippen molar-refractivity contribution >= 4 is 11.0 Å². The second-order valence-electron chi connectivity index (χ2n) is 5.96. The molecular formula is C16H24N4. The molecule has 108 valence electrons. The maximum Gasteiger partial charge on any atom is 0.0958 e. The number of hydrogen-bond acceptors (Lipinski definition) is 3. The van der Waals surface area contributed by atoms with Crippen molar-refractivity contribution in [3.8, 4) is 0 Å². The van der Waals surface area contributed by atoms with Crippen molar-refractivity contribution in [3.05, 3.63) is 30.6 Å². The van der Waals surface area contributed by atoms with Gasteiger partial charge in [0.05, 0.1) is 17.4 Å². The molecule has 0 radical (unpaired) electrons. The Balaban J connectivity index is 1.46. The highest BCUT2D eigenvalue weighted by atomic mass is 15.2. The minimum atomic E-state index is 0.662. The van der Waals surface area contributed by atoms with Crippen LogP contribution in [0.25, 0.3) is 11.0 Å². The van der Waals surface area contributed by atoms with Crippen LogP contribution < -0.4 is 5.32 Å². The molecule has 1 aliphatic heterocycles. The lowest BCUT2D eigenvalue weighted by Gasteiger charge is -2.13. The molecule has 0 saturated carbocycles. The number of fused-ring (bicyclic) bond motifs is 1. The van der Waals surface area contributed by atoms with E-state index in [0.29, 0.717) is 12.1 Å². The molecule has 2 unspecified atom stereocenters. The van der Waals surface area contributed by atoms with Crippen molar-refractivity contribution in [1.29, 1.82) is 0 Å². The van der Waals surface area contributed by atoms with Gasteiger partial charge < -0.3 is 14.8 Å². The normalized spacial score (nSPS) is 23.7. The van der Waals surface area contributed by atoms with Gasteiger partial charge in [0.2, 0.25) is 0 Å². The zero-order valence-electron chi connectivity index (χ0n) is 12.4. The third-order valence-corrected chi connectivity index (χ3v) is 4.42. The summed E-state index contributed by atoms with van der Waals surface area (Å²) in [5.74, 6) is 0. The molecule has 2 atom stereocenters. The smallest absolute Gasteiger partial charge is 0.0958 e. The molecule has 1 aliphatic rings. The van der Waals surface area contributed by atoms with Crippen LogP contribution in [0.3, 0.4) is 0 Å². The van der Waals surface area contributed by atoms with E-state index in [2.05, 4.69) is 51.9 Å². The lowest BCUT2D eigenvalue weighted by molar-refractivity contribution is 0.326. The van der Waals surface area contributed by atoms with Crippen molar-refractivity contribution < 1.29 is 0 Å². The summed E-state index contributed by atoms with van der Waals surface area (Å²) in [4.78, 5) is 6.86. The summed E-state index contributed by atoms with van der Waals surface area (Å²) in [7, 11) is 2.21. The molecule has 2 heterocycles. The molecule has 0 aliphatic carbocycles. The van der Waals surface area contributed by atoms with Gasteiger partial charge in [0, 0.05) is 25.2 Å². The first-order chi connectivity index (χ1) is 9.74. The Bertz CT molecular complexity index is 552. The van der Waals surface area contributed by atoms with E-state index in [-0.39, 0.29) is 0 Å². The van der Waals surface area contributed by atoms with Gasteiger partial charge in [0.15, 0.2) is 0 Å². The van der Waals surface area contributed by atoms with Gasteiger partial charge in [-0.3, -0.25) is 0 Å². The second kappa shape index (κ2) is 5.94. The number of likely N-dealkylation sites (tertiary alicyclic amines) is 1. The van der Waals surface area contributed by atoms with Crippen LogP contribution in [0.4, 0.5) is 0 Å². The Morgan fingerprint density at radius 1 is 1.35 bits per heavy atom. The van der Waals surface area contributed by atoms with Gasteiger partial charge in [0.25, 0.3) is 0 Å². The maximum atomic E-state index is 4.43. The number of aryl methyl sites for hydroxylation is 1. The Hall–Kier alpha value is -1.39. The van der Waals surface area contributed by atoms with Gasteiger partial charge in [0.1, 0.15) is 0 Å². The highest BCUT2D eigenvalue weighted by Gasteiger charge is 2.25. The Labute approximate surface area is 120 Å². The third-order valence-electron chi connectivity index (χ3n) is 4.42. The molecule has 3 rings (SSSR count). The largest absolute Gasteiger partial charge is 0.331 e. The van der Waals surface area contributed by atoms with Gasteiger partial charge in [-0.25, -0.2) is 4.98 Å². The van der Waals surface area contributed by atoms with Crippen LogP contribution in [0.2, 0.25) is 0 Å². The first-order valence-corrected chi connectivity index (χ1v) is 7.57. The summed E-state index contributed by atoms with van der Waals surface area (Å²) in [5.41, 5.74) is 2.33. The lowest BCUT2D eigenvalue weighted by Crippen LogP contribution is -2.32. The maximum absolute atomic E-state index is 4.43. The van der Waals surface area contributed by atoms with Crippen molar-refractivity contribution in [1.82, 2.24) is 19.8 Å². The van der Waals surface area contributed by atoms with Crippen LogP contribution in [0.5, 0.6) is 0 Å². The predicted octanol–water partition coefficient (Wildman–Crippen LogP) is 2.11. The van der Waals surface area contributed by atoms with E-state index in [9.17, 15) is 0 Å². The highest BCUT2D eigenvalue weighted by molar-refractivity contribution is 5.74. The second-order valence-corrected chi connectivity index (χ2v) is 5.96. The number of rotatable bonds is 5. The van der Waals surface area contributed by atoms with Gasteiger partial charge in [-0.05, 0) is 45.5 Å². The molecule has 4 nitrogen and oxygen atoms in total. The molecule has 20 heavy (non-hydrogen) atoms. The van der Waals surface area contributed by atoms with Crippen LogP contribution in [0, 0.1) is 0 Å². The van der Waals surface area contributed by atoms with Crippen LogP contribution in [-0.2, 0) is 6.54 Å². The van der Waals surface area contributed by atoms with Gasteiger partial charge in [-0.1, -0.05) is 12.1 Å². The zero-order chi connectivity index (χ0) is 13.9. The number of para-hydroxylation sites is 2. The fourth-order valence-corrected chi connectivity index (χ4v) is 3.09. The molecule has 1 aromatic heterocycles. The summed E-state index contributed by atoms with van der Waals surface area (Å²) >= 11 is 0. The summed E-state index contributed by atoms with van der Waals surface area (Å²) in [6, 6.07) is 9.70. The number of aromatic nitrogens is 2. The molecule has 0 bridgehead atoms. The molecule has 1 aromatic carbocycles. The van der Waals surface area contributed by atoms with Crippen molar-refractivity contribution in [2.24, 2.45) is 0 Å². The average molecular weight is 272 g/mol. The molecule has 2 aromatic rings. The standard InChI is InChI=1S/C16H24N4/c1-13-10-14(11-19(13)2)17-8-5-9-20-12-18-15-6-3-4-7-16(15)20/h3-4,6-7,12-14,17H,5,8-11H2,1-2H3. The number of nitrogens with one attached hydrogen (secondary N) is 1. The molecular weight excluding hydrogens is 248 g/mol. The Morgan fingerprint density at radius 3 is 3.00 bits per heavy atom. The number of hydrogen-bond donors (Lipinski definition) is 1.